The molecule has 25 heavy (non-hydrogen) atoms. The van der Waals surface area contributed by atoms with Gasteiger partial charge in [-0.15, -0.1) is 0 Å². The van der Waals surface area contributed by atoms with Crippen molar-refractivity contribution >= 4 is 5.91 Å². The van der Waals surface area contributed by atoms with Crippen molar-refractivity contribution in [2.45, 2.75) is 38.0 Å². The van der Waals surface area contributed by atoms with Crippen molar-refractivity contribution in [3.63, 3.8) is 0 Å². The Bertz CT molecular complexity index is 961. The highest BCUT2D eigenvalue weighted by Crippen LogP contribution is 2.43. The maximum absolute atomic E-state index is 12.8. The number of rotatable bonds is 1. The van der Waals surface area contributed by atoms with E-state index in [-0.39, 0.29) is 22.4 Å². The average Bonchev–Trinajstić information content (AvgIpc) is 2.92. The van der Waals surface area contributed by atoms with Crippen molar-refractivity contribution in [2.75, 3.05) is 13.1 Å². The van der Waals surface area contributed by atoms with Gasteiger partial charge in [0.15, 0.2) is 0 Å². The fourth-order valence-electron chi connectivity index (χ4n) is 4.21. The number of pyridine rings is 1. The van der Waals surface area contributed by atoms with E-state index >= 15 is 0 Å². The number of carbonyl (C=O) groups is 1. The third-order valence-electron chi connectivity index (χ3n) is 5.35. The van der Waals surface area contributed by atoms with Crippen molar-refractivity contribution in [1.82, 2.24) is 19.9 Å². The molecule has 0 saturated carbocycles. The van der Waals surface area contributed by atoms with Gasteiger partial charge in [0.1, 0.15) is 11.5 Å². The first-order valence-corrected chi connectivity index (χ1v) is 8.57. The summed E-state index contributed by atoms with van der Waals surface area (Å²) in [5, 5.41) is 0. The lowest BCUT2D eigenvalue weighted by Crippen LogP contribution is -2.48. The molecule has 7 heteroatoms. The molecule has 0 aromatic carbocycles. The number of aromatic nitrogens is 3. The molecule has 2 aliphatic rings. The highest BCUT2D eigenvalue weighted by atomic mass is 16.2. The number of hydrogen-bond acceptors (Lipinski definition) is 4. The Morgan fingerprint density at radius 2 is 2.08 bits per heavy atom. The number of hydrogen-bond donors (Lipinski definition) is 2. The molecule has 1 aliphatic heterocycles. The van der Waals surface area contributed by atoms with Gasteiger partial charge in [-0.25, -0.2) is 4.98 Å². The zero-order valence-electron chi connectivity index (χ0n) is 14.1. The van der Waals surface area contributed by atoms with E-state index in [1.165, 1.54) is 6.07 Å². The molecule has 3 heterocycles. The van der Waals surface area contributed by atoms with Crippen LogP contribution in [0.15, 0.2) is 27.8 Å². The largest absolute Gasteiger partial charge is 0.336 e. The van der Waals surface area contributed by atoms with Gasteiger partial charge in [-0.3, -0.25) is 14.4 Å². The molecule has 1 atom stereocenters. The minimum Gasteiger partial charge on any atom is -0.336 e. The Hall–Kier alpha value is -2.70. The van der Waals surface area contributed by atoms with Crippen molar-refractivity contribution in [1.29, 1.82) is 0 Å². The van der Waals surface area contributed by atoms with Crippen LogP contribution in [0.5, 0.6) is 0 Å². The van der Waals surface area contributed by atoms with Crippen molar-refractivity contribution in [3.05, 3.63) is 61.7 Å². The molecule has 1 fully saturated rings. The van der Waals surface area contributed by atoms with Gasteiger partial charge in [0.05, 0.1) is 5.69 Å². The van der Waals surface area contributed by atoms with Gasteiger partial charge < -0.3 is 14.9 Å². The van der Waals surface area contributed by atoms with E-state index in [0.29, 0.717) is 31.0 Å². The maximum atomic E-state index is 12.8. The molecule has 1 saturated heterocycles. The van der Waals surface area contributed by atoms with E-state index in [4.69, 9.17) is 0 Å². The number of aromatic amines is 2. The Morgan fingerprint density at radius 3 is 2.88 bits per heavy atom. The summed E-state index contributed by atoms with van der Waals surface area (Å²) in [6.07, 6.45) is 3.31. The summed E-state index contributed by atoms with van der Waals surface area (Å²) in [5.74, 6) is 0.438. The number of likely N-dealkylation sites (tertiary alicyclic amines) is 1. The standard InChI is InChI=1S/C18H20N4O3/c1-11-19-15-12(16(24)20-11)6-8-18(15)7-3-9-22(10-18)17(25)13-4-2-5-14(23)21-13/h2,4-5H,3,6-10H2,1H3,(H,21,23)(H,19,20,24). The first-order valence-electron chi connectivity index (χ1n) is 8.57. The third kappa shape index (κ3) is 2.59. The lowest BCUT2D eigenvalue weighted by atomic mass is 9.77. The van der Waals surface area contributed by atoms with E-state index in [1.54, 1.807) is 24.0 Å². The fourth-order valence-corrected chi connectivity index (χ4v) is 4.21. The Kier molecular flexibility index (Phi) is 3.59. The monoisotopic (exact) mass is 340 g/mol. The van der Waals surface area contributed by atoms with Gasteiger partial charge in [-0.1, -0.05) is 6.07 Å². The van der Waals surface area contributed by atoms with Crippen molar-refractivity contribution < 1.29 is 4.79 Å². The van der Waals surface area contributed by atoms with Gasteiger partial charge in [0.25, 0.3) is 11.5 Å². The molecule has 0 radical (unpaired) electrons. The molecular formula is C18H20N4O3. The molecule has 0 bridgehead atoms. The first-order chi connectivity index (χ1) is 12.0. The number of carbonyl (C=O) groups excluding carboxylic acids is 1. The molecule has 130 valence electrons. The fraction of sp³-hybridized carbons (Fsp3) is 0.444. The molecule has 1 spiro atoms. The van der Waals surface area contributed by atoms with E-state index in [0.717, 1.165) is 30.5 Å². The topological polar surface area (TPSA) is 98.9 Å². The van der Waals surface area contributed by atoms with Crippen LogP contribution >= 0.6 is 0 Å². The van der Waals surface area contributed by atoms with Crippen molar-refractivity contribution in [3.8, 4) is 0 Å². The quantitative estimate of drug-likeness (QED) is 0.805. The third-order valence-corrected chi connectivity index (χ3v) is 5.35. The Labute approximate surface area is 144 Å². The highest BCUT2D eigenvalue weighted by molar-refractivity contribution is 5.92. The number of amides is 1. The Balaban J connectivity index is 1.68. The molecule has 1 amide bonds. The second-order valence-electron chi connectivity index (χ2n) is 7.02. The molecule has 1 unspecified atom stereocenters. The molecular weight excluding hydrogens is 320 g/mol. The number of aryl methyl sites for hydroxylation is 1. The number of nitrogens with zero attached hydrogens (tertiary/aromatic N) is 2. The second kappa shape index (κ2) is 5.68. The van der Waals surface area contributed by atoms with Gasteiger partial charge in [-0.05, 0) is 38.7 Å². The first kappa shape index (κ1) is 15.8. The van der Waals surface area contributed by atoms with Crippen LogP contribution in [0.1, 0.15) is 46.8 Å². The highest BCUT2D eigenvalue weighted by Gasteiger charge is 2.45. The molecule has 4 rings (SSSR count). The predicted molar refractivity (Wildman–Crippen MR) is 91.8 cm³/mol. The van der Waals surface area contributed by atoms with Crippen LogP contribution in [0.4, 0.5) is 0 Å². The van der Waals surface area contributed by atoms with Crippen LogP contribution in [0.25, 0.3) is 0 Å². The molecule has 1 aliphatic carbocycles. The number of fused-ring (bicyclic) bond motifs is 2. The van der Waals surface area contributed by atoms with Gasteiger partial charge in [-0.2, -0.15) is 0 Å². The summed E-state index contributed by atoms with van der Waals surface area (Å²) in [6.45, 7) is 2.97. The maximum Gasteiger partial charge on any atom is 0.270 e. The minimum atomic E-state index is -0.285. The summed E-state index contributed by atoms with van der Waals surface area (Å²) in [5.41, 5.74) is 1.32. The number of piperidine rings is 1. The van der Waals surface area contributed by atoms with Crippen LogP contribution < -0.4 is 11.1 Å². The van der Waals surface area contributed by atoms with Crippen LogP contribution in [-0.2, 0) is 11.8 Å². The average molecular weight is 340 g/mol. The normalized spacial score (nSPS) is 22.2. The van der Waals surface area contributed by atoms with Crippen molar-refractivity contribution in [2.24, 2.45) is 0 Å². The molecule has 2 aromatic heterocycles. The number of nitrogens with one attached hydrogen (secondary N) is 2. The summed E-state index contributed by atoms with van der Waals surface area (Å²) in [6, 6.07) is 4.60. The smallest absolute Gasteiger partial charge is 0.270 e. The van der Waals surface area contributed by atoms with Crippen LogP contribution in [0.2, 0.25) is 0 Å². The molecule has 2 N–H and O–H groups in total. The summed E-state index contributed by atoms with van der Waals surface area (Å²) in [4.78, 5) is 48.3. The number of H-pyrrole nitrogens is 2. The SMILES string of the molecule is Cc1nc2c(c(=O)[nH]1)CCC21CCCN(C(=O)c2cccc(=O)[nH]2)C1. The van der Waals surface area contributed by atoms with Gasteiger partial charge >= 0.3 is 0 Å². The molecule has 7 nitrogen and oxygen atoms in total. The van der Waals surface area contributed by atoms with Crippen LogP contribution in [-0.4, -0.2) is 38.8 Å². The van der Waals surface area contributed by atoms with Gasteiger partial charge in [0.2, 0.25) is 5.56 Å². The van der Waals surface area contributed by atoms with E-state index in [9.17, 15) is 14.4 Å². The van der Waals surface area contributed by atoms with Crippen LogP contribution in [0.3, 0.4) is 0 Å². The van der Waals surface area contributed by atoms with E-state index in [2.05, 4.69) is 15.0 Å². The zero-order chi connectivity index (χ0) is 17.6. The second-order valence-corrected chi connectivity index (χ2v) is 7.02. The van der Waals surface area contributed by atoms with Gasteiger partial charge in [0, 0.05) is 30.1 Å². The predicted octanol–water partition coefficient (Wildman–Crippen LogP) is 0.887. The minimum absolute atomic E-state index is 0.0600. The summed E-state index contributed by atoms with van der Waals surface area (Å²) >= 11 is 0. The van der Waals surface area contributed by atoms with E-state index < -0.39 is 0 Å². The summed E-state index contributed by atoms with van der Waals surface area (Å²) in [7, 11) is 0. The summed E-state index contributed by atoms with van der Waals surface area (Å²) < 4.78 is 0. The van der Waals surface area contributed by atoms with E-state index in [1.807, 2.05) is 0 Å². The Morgan fingerprint density at radius 1 is 1.24 bits per heavy atom. The lowest BCUT2D eigenvalue weighted by molar-refractivity contribution is 0.0627. The molecule has 2 aromatic rings. The lowest BCUT2D eigenvalue weighted by Gasteiger charge is -2.40. The van der Waals surface area contributed by atoms with Crippen LogP contribution in [0, 0.1) is 6.92 Å². The zero-order valence-corrected chi connectivity index (χ0v) is 14.1.